The smallest absolute Gasteiger partial charge is 0.355 e. The van der Waals surface area contributed by atoms with Crippen LogP contribution in [0.4, 0.5) is 5.13 Å². The van der Waals surface area contributed by atoms with Gasteiger partial charge in [0.25, 0.3) is 11.8 Å². The van der Waals surface area contributed by atoms with Gasteiger partial charge in [0.15, 0.2) is 10.8 Å². The van der Waals surface area contributed by atoms with Gasteiger partial charge in [-0.3, -0.25) is 14.5 Å². The van der Waals surface area contributed by atoms with Gasteiger partial charge in [-0.05, 0) is 56.8 Å². The molecule has 0 radical (unpaired) electrons. The van der Waals surface area contributed by atoms with Crippen LogP contribution < -0.4 is 15.4 Å². The number of carbonyl (C=O) groups is 3. The zero-order valence-electron chi connectivity index (χ0n) is 41.0. The molecule has 0 unspecified atom stereocenters. The summed E-state index contributed by atoms with van der Waals surface area (Å²) in [7, 11) is 1.59. The van der Waals surface area contributed by atoms with Crippen LogP contribution in [0.2, 0.25) is 0 Å². The van der Waals surface area contributed by atoms with Gasteiger partial charge in [-0.2, -0.15) is 11.3 Å². The molecule has 2 atom stereocenters. The topological polar surface area (TPSA) is 131 Å². The number of methoxy groups -OCH3 is 1. The number of rotatable bonds is 18. The molecule has 2 aliphatic heterocycles. The van der Waals surface area contributed by atoms with Crippen LogP contribution in [0.15, 0.2) is 239 Å². The lowest BCUT2D eigenvalue weighted by Crippen LogP contribution is -2.71. The Kier molecular flexibility index (Phi) is 14.4. The van der Waals surface area contributed by atoms with Gasteiger partial charge in [-0.15, -0.1) is 23.1 Å². The highest BCUT2D eigenvalue weighted by atomic mass is 32.2. The molecule has 11 rings (SSSR count). The number of β-lactam (4-membered cyclic amide) rings is 1. The van der Waals surface area contributed by atoms with E-state index in [4.69, 9.17) is 24.5 Å². The van der Waals surface area contributed by atoms with Crippen molar-refractivity contribution in [1.82, 2.24) is 15.2 Å². The maximum atomic E-state index is 15.4. The molecule has 2 aromatic heterocycles. The second-order valence-electron chi connectivity index (χ2n) is 17.9. The van der Waals surface area contributed by atoms with Crippen molar-refractivity contribution in [3.05, 3.63) is 284 Å². The molecule has 76 heavy (non-hydrogen) atoms. The van der Waals surface area contributed by atoms with Gasteiger partial charge < -0.3 is 24.9 Å². The fourth-order valence-electron chi connectivity index (χ4n) is 9.79. The fourth-order valence-corrected chi connectivity index (χ4v) is 12.6. The van der Waals surface area contributed by atoms with Gasteiger partial charge in [-0.1, -0.05) is 199 Å². The molecule has 0 aliphatic carbocycles. The zero-order chi connectivity index (χ0) is 51.9. The second kappa shape index (κ2) is 22.1. The van der Waals surface area contributed by atoms with E-state index < -0.39 is 40.3 Å². The van der Waals surface area contributed by atoms with Crippen LogP contribution in [0, 0.1) is 0 Å². The first-order chi connectivity index (χ1) is 37.4. The number of anilines is 1. The van der Waals surface area contributed by atoms with E-state index in [0.717, 1.165) is 44.5 Å². The molecule has 11 nitrogen and oxygen atoms in total. The van der Waals surface area contributed by atoms with E-state index in [-0.39, 0.29) is 23.7 Å². The Morgan fingerprint density at radius 1 is 0.671 bits per heavy atom. The lowest BCUT2D eigenvalue weighted by atomic mass is 9.77. The number of esters is 1. The summed E-state index contributed by atoms with van der Waals surface area (Å²) in [5.74, 6) is -0.753. The number of benzene rings is 7. The molecule has 2 aliphatic rings. The number of thioether (sulfide) groups is 1. The van der Waals surface area contributed by atoms with E-state index in [1.807, 2.05) is 175 Å². The third-order valence-electron chi connectivity index (χ3n) is 13.5. The lowest BCUT2D eigenvalue weighted by molar-refractivity contribution is -0.152. The largest absolute Gasteiger partial charge is 0.497 e. The van der Waals surface area contributed by atoms with E-state index in [1.165, 1.54) is 39.3 Å². The molecule has 0 spiro atoms. The molecule has 7 aromatic carbocycles. The Balaban J connectivity index is 0.983. The molecule has 14 heteroatoms. The van der Waals surface area contributed by atoms with Crippen molar-refractivity contribution < 1.29 is 28.7 Å². The third kappa shape index (κ3) is 9.58. The summed E-state index contributed by atoms with van der Waals surface area (Å²) in [6.07, 6.45) is 0. The number of hydrogen-bond acceptors (Lipinski definition) is 12. The van der Waals surface area contributed by atoms with Gasteiger partial charge >= 0.3 is 5.97 Å². The van der Waals surface area contributed by atoms with Crippen LogP contribution in [-0.2, 0) is 41.7 Å². The first-order valence-electron chi connectivity index (χ1n) is 24.5. The number of nitrogens with one attached hydrogen (secondary N) is 2. The number of thiophene rings is 1. The summed E-state index contributed by atoms with van der Waals surface area (Å²) >= 11 is 4.26. The van der Waals surface area contributed by atoms with Gasteiger partial charge in [0.05, 0.1) is 7.11 Å². The monoisotopic (exact) mass is 1060 g/mol. The number of carbonyl (C=O) groups excluding carboxylic acids is 3. The molecule has 1 saturated heterocycles. The highest BCUT2D eigenvalue weighted by Crippen LogP contribution is 2.46. The lowest BCUT2D eigenvalue weighted by Gasteiger charge is -2.49. The first kappa shape index (κ1) is 49.6. The molecular formula is C62H49N5O6S3. The maximum Gasteiger partial charge on any atom is 0.355 e. The van der Waals surface area contributed by atoms with Crippen molar-refractivity contribution in [2.45, 2.75) is 29.2 Å². The number of amides is 2. The molecular weight excluding hydrogens is 1010 g/mol. The zero-order valence-corrected chi connectivity index (χ0v) is 43.5. The summed E-state index contributed by atoms with van der Waals surface area (Å²) in [5, 5.41) is 17.2. The van der Waals surface area contributed by atoms with Gasteiger partial charge in [-0.25, -0.2) is 9.78 Å². The van der Waals surface area contributed by atoms with Crippen molar-refractivity contribution in [2.75, 3.05) is 18.2 Å². The summed E-state index contributed by atoms with van der Waals surface area (Å²) in [6.45, 7) is -0.0207. The number of nitrogens with zero attached hydrogens (tertiary/aromatic N) is 3. The van der Waals surface area contributed by atoms with Crippen molar-refractivity contribution in [3.8, 4) is 5.75 Å². The Labute approximate surface area is 452 Å². The number of hydrogen-bond donors (Lipinski definition) is 2. The Hall–Kier alpha value is -8.56. The highest BCUT2D eigenvalue weighted by molar-refractivity contribution is 8.00. The van der Waals surface area contributed by atoms with Crippen LogP contribution in [0.3, 0.4) is 0 Å². The minimum Gasteiger partial charge on any atom is -0.497 e. The highest BCUT2D eigenvalue weighted by Gasteiger charge is 2.55. The van der Waals surface area contributed by atoms with Crippen molar-refractivity contribution in [3.63, 3.8) is 0 Å². The van der Waals surface area contributed by atoms with E-state index in [9.17, 15) is 9.59 Å². The average molecular weight is 1060 g/mol. The van der Waals surface area contributed by atoms with E-state index in [0.29, 0.717) is 22.2 Å². The fraction of sp³-hybridized carbons (Fsp3) is 0.113. The van der Waals surface area contributed by atoms with E-state index in [1.54, 1.807) is 24.6 Å². The molecule has 376 valence electrons. The average Bonchev–Trinajstić information content (AvgIpc) is 4.30. The molecule has 1 fully saturated rings. The van der Waals surface area contributed by atoms with Crippen molar-refractivity contribution in [2.24, 2.45) is 5.16 Å². The third-order valence-corrected chi connectivity index (χ3v) is 16.3. The van der Waals surface area contributed by atoms with E-state index in [2.05, 4.69) is 47.0 Å². The predicted molar refractivity (Wildman–Crippen MR) is 301 cm³/mol. The second-order valence-corrected chi connectivity index (χ2v) is 20.7. The van der Waals surface area contributed by atoms with Gasteiger partial charge in [0.1, 0.15) is 40.7 Å². The quantitative estimate of drug-likeness (QED) is 0.0283. The summed E-state index contributed by atoms with van der Waals surface area (Å²) in [5.41, 5.74) is 5.34. The molecule has 4 heterocycles. The number of fused-ring (bicyclic) bond motifs is 1. The normalized spacial score (nSPS) is 15.5. The number of aromatic nitrogens is 1. The van der Waals surface area contributed by atoms with Crippen LogP contribution >= 0.6 is 34.4 Å². The molecule has 2 N–H and O–H groups in total. The summed E-state index contributed by atoms with van der Waals surface area (Å²) < 4.78 is 11.2. The maximum absolute atomic E-state index is 15.4. The predicted octanol–water partition coefficient (Wildman–Crippen LogP) is 11.9. The first-order valence-corrected chi connectivity index (χ1v) is 27.4. The van der Waals surface area contributed by atoms with Crippen LogP contribution in [0.1, 0.15) is 50.2 Å². The van der Waals surface area contributed by atoms with Crippen molar-refractivity contribution in [1.29, 1.82) is 0 Å². The molecule has 0 saturated carbocycles. The Bertz CT molecular complexity index is 3320. The molecule has 2 amide bonds. The Morgan fingerprint density at radius 3 is 1.67 bits per heavy atom. The van der Waals surface area contributed by atoms with Crippen LogP contribution in [-0.4, -0.2) is 57.7 Å². The standard InChI is InChI=1S/C62H49N5O6S3/c1-71-50-34-32-42(33-35-50)38-72-59(70)55-51(43-36-37-74-39-43)40-75-58-54(57(69)67(55)58)64-56(68)53(66-73-62(47-26-14-5-15-27-47,48-28-16-6-17-29-48)49-30-18-7-19-31-49)52-41-76-60(63-52)65-61(44-20-8-2-9-21-44,45-22-10-3-11-23-45)46-24-12-4-13-25-46/h2-37,39,41,54,58H,38,40H2,1H3,(H,63,65)(H,64,68)/t54-,58+/m1/s1. The van der Waals surface area contributed by atoms with E-state index >= 15 is 4.79 Å². The minimum atomic E-state index is -1.36. The number of ether oxygens (including phenoxy) is 2. The Morgan fingerprint density at radius 2 is 1.18 bits per heavy atom. The number of thiazole rings is 1. The number of oxime groups is 1. The van der Waals surface area contributed by atoms with Crippen LogP contribution in [0.5, 0.6) is 5.75 Å². The van der Waals surface area contributed by atoms with Crippen molar-refractivity contribution >= 4 is 68.6 Å². The molecule has 9 aromatic rings. The summed E-state index contributed by atoms with van der Waals surface area (Å²) in [4.78, 5) is 57.8. The van der Waals surface area contributed by atoms with Gasteiger partial charge in [0.2, 0.25) is 5.60 Å². The SMILES string of the molecule is COc1ccc(COC(=O)C2=C(c3ccsc3)CS[C@H]3[C@H](NC(=O)C(=NOC(c4ccccc4)(c4ccccc4)c4ccccc4)c4csc(NC(c5ccccc5)(c5ccccc5)c5ccccc5)n4)C(=O)N23)cc1. The summed E-state index contributed by atoms with van der Waals surface area (Å²) in [6, 6.07) is 67.8. The van der Waals surface area contributed by atoms with Crippen LogP contribution in [0.25, 0.3) is 5.57 Å². The molecule has 0 bridgehead atoms. The minimum absolute atomic E-state index is 0.0207. The van der Waals surface area contributed by atoms with Gasteiger partial charge in [0, 0.05) is 33.4 Å².